The lowest BCUT2D eigenvalue weighted by molar-refractivity contribution is -0.145. The molecule has 6 aromatic carbocycles. The molecule has 516 valence electrons. The minimum Gasteiger partial charge on any atom is -0.467 e. The van der Waals surface area contributed by atoms with Gasteiger partial charge in [-0.25, -0.2) is 33.3 Å². The molecule has 1 aliphatic rings. The summed E-state index contributed by atoms with van der Waals surface area (Å²) in [5, 5.41) is 44.7. The first kappa shape index (κ1) is 68.0. The third kappa shape index (κ3) is 15.4. The molecule has 1 saturated heterocycles. The van der Waals surface area contributed by atoms with Crippen molar-refractivity contribution in [3.63, 3.8) is 0 Å². The Hall–Kier alpha value is -13.1. The van der Waals surface area contributed by atoms with E-state index in [1.807, 2.05) is 155 Å². The van der Waals surface area contributed by atoms with Gasteiger partial charge in [-0.05, 0) is 108 Å². The molecule has 0 bridgehead atoms. The van der Waals surface area contributed by atoms with Crippen LogP contribution in [0.15, 0.2) is 274 Å². The number of carbonyl (C=O) groups is 2. The van der Waals surface area contributed by atoms with Crippen LogP contribution in [0.25, 0.3) is 84.1 Å². The van der Waals surface area contributed by atoms with E-state index in [0.717, 1.165) is 107 Å². The van der Waals surface area contributed by atoms with Gasteiger partial charge in [0.05, 0.1) is 24.9 Å². The van der Waals surface area contributed by atoms with Crippen LogP contribution in [0.1, 0.15) is 77.1 Å². The number of amides is 1. The first-order chi connectivity index (χ1) is 51.0. The fourth-order valence-electron chi connectivity index (χ4n) is 12.6. The summed E-state index contributed by atoms with van der Waals surface area (Å²) in [6.07, 6.45) is 15.8. The van der Waals surface area contributed by atoms with Gasteiger partial charge in [0.1, 0.15) is 22.6 Å². The molecule has 21 nitrogen and oxygen atoms in total. The van der Waals surface area contributed by atoms with E-state index >= 15 is 0 Å². The van der Waals surface area contributed by atoms with Crippen molar-refractivity contribution in [3.8, 4) is 67.5 Å². The van der Waals surface area contributed by atoms with E-state index in [1.54, 1.807) is 60.3 Å². The van der Waals surface area contributed by atoms with E-state index < -0.39 is 24.2 Å². The number of aliphatic hydroxyl groups is 2. The van der Waals surface area contributed by atoms with E-state index in [1.165, 1.54) is 13.3 Å². The third-order valence-electron chi connectivity index (χ3n) is 17.9. The highest BCUT2D eigenvalue weighted by atomic mass is 16.5. The van der Waals surface area contributed by atoms with Crippen LogP contribution in [0.4, 0.5) is 17.5 Å². The Balaban J connectivity index is 0.000000133. The predicted molar refractivity (Wildman–Crippen MR) is 404 cm³/mol. The monoisotopic (exact) mass is 1370 g/mol. The van der Waals surface area contributed by atoms with E-state index in [-0.39, 0.29) is 5.91 Å². The maximum atomic E-state index is 13.4. The molecule has 0 spiro atoms. The SMILES string of the molecule is CC(O)c1cncc(-c2nc(NCc3ccccc3)c3c(-c4ccccc4)ccn3n2)c1.CC(O)c1cncc(-c2nc(NCc3ccccc3)c3c(-c4ccccc4)ccn3n2)c1.COC(=O)C1CCCN1C(=O)c1cncc(-c2nc(NCc3ccccc3)c3c(-c4ccccc4)ccn3n2)c1. The van der Waals surface area contributed by atoms with Gasteiger partial charge in [-0.2, -0.15) is 0 Å². The molecule has 15 aromatic rings. The fraction of sp³-hybridized carbons (Fsp3) is 0.145. The van der Waals surface area contributed by atoms with Crippen molar-refractivity contribution < 1.29 is 24.5 Å². The number of aliphatic hydroxyl groups excluding tert-OH is 2. The van der Waals surface area contributed by atoms with Gasteiger partial charge < -0.3 is 35.8 Å². The van der Waals surface area contributed by atoms with Crippen LogP contribution in [0, 0.1) is 0 Å². The Morgan fingerprint density at radius 2 is 0.779 bits per heavy atom. The Morgan fingerprint density at radius 3 is 1.12 bits per heavy atom. The molecule has 10 heterocycles. The second-order valence-electron chi connectivity index (χ2n) is 25.0. The van der Waals surface area contributed by atoms with Crippen molar-refractivity contribution in [2.75, 3.05) is 29.6 Å². The highest BCUT2D eigenvalue weighted by Crippen LogP contribution is 2.36. The largest absolute Gasteiger partial charge is 0.467 e. The Bertz CT molecular complexity index is 5220. The summed E-state index contributed by atoms with van der Waals surface area (Å²) in [6.45, 7) is 5.78. The summed E-state index contributed by atoms with van der Waals surface area (Å²) in [4.78, 5) is 54.7. The number of benzene rings is 6. The number of ether oxygens (including phenoxy) is 1. The van der Waals surface area contributed by atoms with Gasteiger partial charge in [0.15, 0.2) is 34.9 Å². The molecule has 1 amide bonds. The summed E-state index contributed by atoms with van der Waals surface area (Å²) in [6, 6.07) is 72.2. The minimum absolute atomic E-state index is 0.266. The lowest BCUT2D eigenvalue weighted by Crippen LogP contribution is -2.41. The number of likely N-dealkylation sites (tertiary alicyclic amines) is 1. The smallest absolute Gasteiger partial charge is 0.328 e. The van der Waals surface area contributed by atoms with Crippen molar-refractivity contribution in [2.24, 2.45) is 0 Å². The third-order valence-corrected chi connectivity index (χ3v) is 17.9. The van der Waals surface area contributed by atoms with Crippen LogP contribution in [-0.2, 0) is 29.2 Å². The maximum absolute atomic E-state index is 13.4. The number of nitrogens with zero attached hydrogens (tertiary/aromatic N) is 13. The average molecular weight is 1380 g/mol. The maximum Gasteiger partial charge on any atom is 0.328 e. The van der Waals surface area contributed by atoms with Crippen molar-refractivity contribution in [1.82, 2.24) is 63.6 Å². The molecule has 0 aliphatic carbocycles. The second-order valence-corrected chi connectivity index (χ2v) is 25.0. The van der Waals surface area contributed by atoms with E-state index in [4.69, 9.17) is 35.0 Å². The molecule has 104 heavy (non-hydrogen) atoms. The molecule has 0 radical (unpaired) electrons. The van der Waals surface area contributed by atoms with Crippen LogP contribution < -0.4 is 16.0 Å². The van der Waals surface area contributed by atoms with Crippen molar-refractivity contribution in [1.29, 1.82) is 0 Å². The van der Waals surface area contributed by atoms with Crippen LogP contribution in [0.2, 0.25) is 0 Å². The van der Waals surface area contributed by atoms with Gasteiger partial charge >= 0.3 is 5.97 Å². The molecular formula is C83H74N16O5. The summed E-state index contributed by atoms with van der Waals surface area (Å²) in [5.41, 5.74) is 16.4. The average Bonchev–Trinajstić information content (AvgIpc) is 1.63. The summed E-state index contributed by atoms with van der Waals surface area (Å²) in [5.74, 6) is 2.98. The fourth-order valence-corrected chi connectivity index (χ4v) is 12.6. The Morgan fingerprint density at radius 1 is 0.442 bits per heavy atom. The quantitative estimate of drug-likeness (QED) is 0.0472. The van der Waals surface area contributed by atoms with Gasteiger partial charge in [-0.3, -0.25) is 19.7 Å². The van der Waals surface area contributed by atoms with Gasteiger partial charge in [-0.15, -0.1) is 15.3 Å². The molecule has 5 N–H and O–H groups in total. The number of fused-ring (bicyclic) bond motifs is 3. The summed E-state index contributed by atoms with van der Waals surface area (Å²) in [7, 11) is 1.34. The Labute approximate surface area is 600 Å². The van der Waals surface area contributed by atoms with Crippen LogP contribution >= 0.6 is 0 Å². The number of rotatable bonds is 19. The number of esters is 1. The van der Waals surface area contributed by atoms with Gasteiger partial charge in [0, 0.05) is 115 Å². The molecule has 1 aliphatic heterocycles. The van der Waals surface area contributed by atoms with Crippen LogP contribution in [0.3, 0.4) is 0 Å². The van der Waals surface area contributed by atoms with Crippen molar-refractivity contribution in [2.45, 2.75) is 64.6 Å². The topological polar surface area (TPSA) is 252 Å². The van der Waals surface area contributed by atoms with E-state index in [2.05, 4.69) is 116 Å². The molecule has 3 unspecified atom stereocenters. The van der Waals surface area contributed by atoms with E-state index in [9.17, 15) is 19.8 Å². The number of hydrogen-bond acceptors (Lipinski definition) is 17. The lowest BCUT2D eigenvalue weighted by atomic mass is 10.1. The molecule has 3 atom stereocenters. The van der Waals surface area contributed by atoms with Crippen LogP contribution in [0.5, 0.6) is 0 Å². The second kappa shape index (κ2) is 31.6. The van der Waals surface area contributed by atoms with Gasteiger partial charge in [-0.1, -0.05) is 182 Å². The number of aromatic nitrogens is 12. The molecule has 0 saturated carbocycles. The standard InChI is InChI=1S/C31H28N6O3.2C26H23N5O/c1-40-31(39)26-13-8-15-36(26)30(38)24-17-23(19-32-20-24)28-34-29(33-18-21-9-4-2-5-10-21)27-25(14-16-37(27)35-28)22-11-6-3-7-12-22;2*1-18(32)21-14-22(17-27-16-21)25-29-26(28-15-19-8-4-2-5-9-19)24-23(12-13-31(24)30-25)20-10-6-3-7-11-20/h2-7,9-12,14,16-17,19-20,26H,8,13,15,18H2,1H3,(H,33,34,35);2*2-14,16-18,32H,15H2,1H3,(H,28,29,30). The van der Waals surface area contributed by atoms with Gasteiger partial charge in [0.2, 0.25) is 0 Å². The number of nitrogens with one attached hydrogen (secondary N) is 3. The number of hydrogen-bond donors (Lipinski definition) is 5. The molecule has 9 aromatic heterocycles. The summed E-state index contributed by atoms with van der Waals surface area (Å²) < 4.78 is 10.4. The highest BCUT2D eigenvalue weighted by molar-refractivity contribution is 5.98. The zero-order valence-electron chi connectivity index (χ0n) is 57.4. The highest BCUT2D eigenvalue weighted by Gasteiger charge is 2.36. The zero-order valence-corrected chi connectivity index (χ0v) is 57.4. The number of pyridine rings is 3. The Kier molecular flexibility index (Phi) is 20.7. The zero-order chi connectivity index (χ0) is 71.3. The molecule has 1 fully saturated rings. The first-order valence-corrected chi connectivity index (χ1v) is 34.3. The predicted octanol–water partition coefficient (Wildman–Crippen LogP) is 15.1. The normalized spacial score (nSPS) is 13.1. The number of methoxy groups -OCH3 is 1. The molecule has 16 rings (SSSR count). The molecule has 21 heteroatoms. The lowest BCUT2D eigenvalue weighted by Gasteiger charge is -2.22. The number of anilines is 3. The van der Waals surface area contributed by atoms with Gasteiger partial charge in [0.25, 0.3) is 5.91 Å². The van der Waals surface area contributed by atoms with Crippen molar-refractivity contribution in [3.05, 3.63) is 308 Å². The summed E-state index contributed by atoms with van der Waals surface area (Å²) >= 11 is 0. The molecular weight excluding hydrogens is 1300 g/mol. The van der Waals surface area contributed by atoms with Crippen molar-refractivity contribution >= 4 is 45.9 Å². The minimum atomic E-state index is -0.613. The first-order valence-electron chi connectivity index (χ1n) is 34.3. The van der Waals surface area contributed by atoms with Crippen LogP contribution in [-0.4, -0.2) is 105 Å². The van der Waals surface area contributed by atoms with E-state index in [0.29, 0.717) is 67.0 Å². The number of carbonyl (C=O) groups excluding carboxylic acids is 2.